The summed E-state index contributed by atoms with van der Waals surface area (Å²) < 4.78 is 19.3. The molecule has 2 heterocycles. The van der Waals surface area contributed by atoms with Gasteiger partial charge in [0.25, 0.3) is 0 Å². The van der Waals surface area contributed by atoms with Gasteiger partial charge >= 0.3 is 6.09 Å². The first kappa shape index (κ1) is 12.6. The van der Waals surface area contributed by atoms with Crippen LogP contribution in [0.25, 0.3) is 0 Å². The van der Waals surface area contributed by atoms with E-state index in [-0.39, 0.29) is 6.04 Å². The van der Waals surface area contributed by atoms with Gasteiger partial charge in [-0.15, -0.1) is 0 Å². The molecule has 0 radical (unpaired) electrons. The van der Waals surface area contributed by atoms with Gasteiger partial charge in [-0.05, 0) is 40.0 Å². The molecule has 4 nitrogen and oxygen atoms in total. The van der Waals surface area contributed by atoms with Crippen LogP contribution in [0.5, 0.6) is 0 Å². The van der Waals surface area contributed by atoms with E-state index in [1.165, 1.54) is 0 Å². The van der Waals surface area contributed by atoms with Gasteiger partial charge < -0.3 is 10.5 Å². The normalized spacial score (nSPS) is 37.1. The van der Waals surface area contributed by atoms with Crippen molar-refractivity contribution in [1.29, 1.82) is 0 Å². The lowest BCUT2D eigenvalue weighted by Crippen LogP contribution is -2.57. The van der Waals surface area contributed by atoms with Crippen molar-refractivity contribution in [3.63, 3.8) is 0 Å². The molecule has 0 unspecified atom stereocenters. The highest BCUT2D eigenvalue weighted by molar-refractivity contribution is 5.70. The molecule has 2 N–H and O–H groups in total. The Balaban J connectivity index is 2.10. The van der Waals surface area contributed by atoms with E-state index in [9.17, 15) is 9.18 Å². The maximum Gasteiger partial charge on any atom is 0.410 e. The maximum atomic E-state index is 13.9. The molecule has 2 aliphatic heterocycles. The van der Waals surface area contributed by atoms with E-state index in [1.807, 2.05) is 20.8 Å². The zero-order valence-electron chi connectivity index (χ0n) is 10.6. The third kappa shape index (κ3) is 2.39. The number of rotatable bonds is 0. The summed E-state index contributed by atoms with van der Waals surface area (Å²) in [6, 6.07) is -0.776. The number of hydrogen-bond donors (Lipinski definition) is 1. The summed E-state index contributed by atoms with van der Waals surface area (Å²) in [5, 5.41) is 0. The number of carbonyl (C=O) groups is 1. The van der Waals surface area contributed by atoms with Crippen LogP contribution in [0.2, 0.25) is 0 Å². The number of amides is 1. The second-order valence-corrected chi connectivity index (χ2v) is 6.03. The molecule has 17 heavy (non-hydrogen) atoms. The molecule has 2 aliphatic rings. The van der Waals surface area contributed by atoms with Crippen LogP contribution >= 0.6 is 0 Å². The van der Waals surface area contributed by atoms with Crippen molar-refractivity contribution in [3.05, 3.63) is 0 Å². The van der Waals surface area contributed by atoms with Crippen LogP contribution in [0.1, 0.15) is 40.0 Å². The molecule has 0 aromatic rings. The monoisotopic (exact) mass is 244 g/mol. The summed E-state index contributed by atoms with van der Waals surface area (Å²) in [6.45, 7) is 5.44. The van der Waals surface area contributed by atoms with Gasteiger partial charge in [0.1, 0.15) is 11.8 Å². The lowest BCUT2D eigenvalue weighted by Gasteiger charge is -2.40. The van der Waals surface area contributed by atoms with Crippen molar-refractivity contribution in [2.24, 2.45) is 5.73 Å². The first-order chi connectivity index (χ1) is 7.79. The Morgan fingerprint density at radius 2 is 2.06 bits per heavy atom. The van der Waals surface area contributed by atoms with E-state index in [0.29, 0.717) is 12.8 Å². The molecule has 98 valence electrons. The zero-order valence-corrected chi connectivity index (χ0v) is 10.6. The molecule has 4 atom stereocenters. The first-order valence-corrected chi connectivity index (χ1v) is 6.20. The quantitative estimate of drug-likeness (QED) is 0.707. The minimum atomic E-state index is -1.12. The van der Waals surface area contributed by atoms with Gasteiger partial charge in [-0.25, -0.2) is 9.18 Å². The van der Waals surface area contributed by atoms with E-state index < -0.39 is 29.9 Å². The van der Waals surface area contributed by atoms with Crippen LogP contribution in [0.3, 0.4) is 0 Å². The molecule has 0 saturated carbocycles. The van der Waals surface area contributed by atoms with Crippen LogP contribution in [0, 0.1) is 0 Å². The number of alkyl halides is 1. The van der Waals surface area contributed by atoms with Gasteiger partial charge in [0, 0.05) is 12.1 Å². The molecule has 0 aliphatic carbocycles. The molecule has 5 heteroatoms. The summed E-state index contributed by atoms with van der Waals surface area (Å²) in [7, 11) is 0. The summed E-state index contributed by atoms with van der Waals surface area (Å²) in [5.41, 5.74) is 5.20. The summed E-state index contributed by atoms with van der Waals surface area (Å²) in [6.07, 6.45) is 0.536. The molecular weight excluding hydrogens is 223 g/mol. The number of halogens is 1. The van der Waals surface area contributed by atoms with Gasteiger partial charge in [0.2, 0.25) is 0 Å². The van der Waals surface area contributed by atoms with Crippen molar-refractivity contribution in [3.8, 4) is 0 Å². The number of hydrogen-bond acceptors (Lipinski definition) is 3. The number of carbonyl (C=O) groups excluding carboxylic acids is 1. The number of piperidine rings is 1. The smallest absolute Gasteiger partial charge is 0.410 e. The highest BCUT2D eigenvalue weighted by atomic mass is 19.1. The Labute approximate surface area is 101 Å². The van der Waals surface area contributed by atoms with E-state index in [4.69, 9.17) is 10.5 Å². The van der Waals surface area contributed by atoms with Crippen LogP contribution in [-0.2, 0) is 4.74 Å². The van der Waals surface area contributed by atoms with E-state index in [1.54, 1.807) is 4.90 Å². The van der Waals surface area contributed by atoms with Gasteiger partial charge in [-0.3, -0.25) is 4.90 Å². The molecule has 2 fully saturated rings. The fourth-order valence-electron chi connectivity index (χ4n) is 2.78. The lowest BCUT2D eigenvalue weighted by atomic mass is 9.97. The standard InChI is InChI=1S/C12H21FN2O2/c1-12(2,3)17-11(16)15-7-4-5-9(15)10(13)8(14)6-7/h7-10H,4-6,14H2,1-3H3/t7-,8+,9+,10-/m1/s1. The third-order valence-electron chi connectivity index (χ3n) is 3.47. The second-order valence-electron chi connectivity index (χ2n) is 6.03. The minimum Gasteiger partial charge on any atom is -0.444 e. The molecule has 0 aromatic heterocycles. The Morgan fingerprint density at radius 3 is 2.65 bits per heavy atom. The Bertz CT molecular complexity index is 316. The van der Waals surface area contributed by atoms with Crippen molar-refractivity contribution in [2.75, 3.05) is 0 Å². The fourth-order valence-corrected chi connectivity index (χ4v) is 2.78. The summed E-state index contributed by atoms with van der Waals surface area (Å²) >= 11 is 0. The number of fused-ring (bicyclic) bond motifs is 2. The minimum absolute atomic E-state index is 0.0526. The molecule has 2 bridgehead atoms. The average molecular weight is 244 g/mol. The molecule has 1 amide bonds. The third-order valence-corrected chi connectivity index (χ3v) is 3.47. The van der Waals surface area contributed by atoms with Crippen molar-refractivity contribution < 1.29 is 13.9 Å². The van der Waals surface area contributed by atoms with Gasteiger partial charge in [0.05, 0.1) is 6.04 Å². The highest BCUT2D eigenvalue weighted by Gasteiger charge is 2.49. The number of nitrogens with two attached hydrogens (primary N) is 1. The topological polar surface area (TPSA) is 55.6 Å². The second kappa shape index (κ2) is 4.12. The van der Waals surface area contributed by atoms with Crippen LogP contribution in [-0.4, -0.2) is 40.9 Å². The SMILES string of the molecule is CC(C)(C)OC(=O)N1[C@@H]2CC[C@H]1[C@H](F)[C@@H](N)C2. The number of ether oxygens (including phenoxy) is 1. The van der Waals surface area contributed by atoms with Crippen molar-refractivity contribution in [1.82, 2.24) is 4.90 Å². The van der Waals surface area contributed by atoms with Crippen LogP contribution in [0.4, 0.5) is 9.18 Å². The van der Waals surface area contributed by atoms with Crippen molar-refractivity contribution >= 4 is 6.09 Å². The highest BCUT2D eigenvalue weighted by Crippen LogP contribution is 2.37. The van der Waals surface area contributed by atoms with Gasteiger partial charge in [-0.1, -0.05) is 0 Å². The zero-order chi connectivity index (χ0) is 12.8. The molecule has 2 rings (SSSR count). The van der Waals surface area contributed by atoms with Gasteiger partial charge in [-0.2, -0.15) is 0 Å². The number of nitrogens with zero attached hydrogens (tertiary/aromatic N) is 1. The van der Waals surface area contributed by atoms with Gasteiger partial charge in [0.15, 0.2) is 0 Å². The molecular formula is C12H21FN2O2. The molecule has 2 saturated heterocycles. The average Bonchev–Trinajstić information content (AvgIpc) is 2.51. The molecule has 0 spiro atoms. The Morgan fingerprint density at radius 1 is 1.41 bits per heavy atom. The van der Waals surface area contributed by atoms with E-state index in [2.05, 4.69) is 0 Å². The van der Waals surface area contributed by atoms with Crippen molar-refractivity contribution in [2.45, 2.75) is 69.9 Å². The fraction of sp³-hybridized carbons (Fsp3) is 0.917. The predicted molar refractivity (Wildman–Crippen MR) is 62.4 cm³/mol. The van der Waals surface area contributed by atoms with Crippen LogP contribution < -0.4 is 5.73 Å². The predicted octanol–water partition coefficient (Wildman–Crippen LogP) is 1.82. The largest absolute Gasteiger partial charge is 0.444 e. The Kier molecular flexibility index (Phi) is 3.06. The maximum absolute atomic E-state index is 13.9. The summed E-state index contributed by atoms with van der Waals surface area (Å²) in [4.78, 5) is 13.6. The van der Waals surface area contributed by atoms with E-state index in [0.717, 1.165) is 6.42 Å². The first-order valence-electron chi connectivity index (χ1n) is 6.20. The van der Waals surface area contributed by atoms with E-state index >= 15 is 0 Å². The summed E-state index contributed by atoms with van der Waals surface area (Å²) in [5.74, 6) is 0. The Hall–Kier alpha value is -0.840. The molecule has 0 aromatic carbocycles. The van der Waals surface area contributed by atoms with Crippen LogP contribution in [0.15, 0.2) is 0 Å². The lowest BCUT2D eigenvalue weighted by molar-refractivity contribution is -0.00988.